The zero-order valence-electron chi connectivity index (χ0n) is 22.9. The highest BCUT2D eigenvalue weighted by Gasteiger charge is 2.46. The predicted molar refractivity (Wildman–Crippen MR) is 146 cm³/mol. The molecular formula is C32H36F2O5. The Morgan fingerprint density at radius 1 is 1.03 bits per heavy atom. The van der Waals surface area contributed by atoms with E-state index in [1.165, 1.54) is 6.07 Å². The fourth-order valence-electron chi connectivity index (χ4n) is 5.29. The van der Waals surface area contributed by atoms with Crippen LogP contribution in [0.3, 0.4) is 0 Å². The predicted octanol–water partition coefficient (Wildman–Crippen LogP) is 8.07. The number of ether oxygens (including phenoxy) is 3. The minimum atomic E-state index is -0.962. The maximum Gasteiger partial charge on any atom is 0.303 e. The lowest BCUT2D eigenvalue weighted by Crippen LogP contribution is -2.15. The number of methoxy groups -OCH3 is 2. The van der Waals surface area contributed by atoms with Gasteiger partial charge in [0.25, 0.3) is 0 Å². The first kappa shape index (κ1) is 28.6. The fraction of sp³-hybridized carbons (Fsp3) is 0.406. The molecule has 3 aromatic carbocycles. The molecule has 1 fully saturated rings. The molecule has 1 aliphatic rings. The van der Waals surface area contributed by atoms with E-state index >= 15 is 8.78 Å². The standard InChI is InChI=1S/C32H36F2O5/c1-5-7-21(17-29(35)36)23-8-6-9-28(30(23)34)39-19-20-10-12-24(25-18-22(37-3)11-13-27(25)33)26(16-20)31(38-4)32(2)14-15-32/h6,8-13,16,18,21,31H,5,7,14-15,17,19H2,1-4H3,(H,35,36)/t21-,31+/m0/s1. The van der Waals surface area contributed by atoms with E-state index in [1.54, 1.807) is 44.6 Å². The largest absolute Gasteiger partial charge is 0.497 e. The molecule has 39 heavy (non-hydrogen) atoms. The highest BCUT2D eigenvalue weighted by molar-refractivity contribution is 5.71. The minimum absolute atomic E-state index is 0.0583. The molecule has 0 saturated heterocycles. The van der Waals surface area contributed by atoms with Crippen LogP contribution in [0.5, 0.6) is 11.5 Å². The van der Waals surface area contributed by atoms with Gasteiger partial charge in [0, 0.05) is 12.7 Å². The molecule has 3 aromatic rings. The second kappa shape index (κ2) is 12.2. The van der Waals surface area contributed by atoms with Crippen molar-refractivity contribution in [3.05, 3.63) is 82.9 Å². The van der Waals surface area contributed by atoms with Crippen LogP contribution in [0.15, 0.2) is 54.6 Å². The molecule has 0 unspecified atom stereocenters. The second-order valence-electron chi connectivity index (χ2n) is 10.6. The van der Waals surface area contributed by atoms with Crippen molar-refractivity contribution < 1.29 is 32.9 Å². The minimum Gasteiger partial charge on any atom is -0.497 e. The first-order chi connectivity index (χ1) is 18.7. The van der Waals surface area contributed by atoms with Gasteiger partial charge in [-0.3, -0.25) is 4.79 Å². The lowest BCUT2D eigenvalue weighted by molar-refractivity contribution is -0.137. The van der Waals surface area contributed by atoms with Crippen LogP contribution in [0.25, 0.3) is 11.1 Å². The molecule has 0 aromatic heterocycles. The first-order valence-corrected chi connectivity index (χ1v) is 13.3. The van der Waals surface area contributed by atoms with E-state index in [2.05, 4.69) is 6.92 Å². The van der Waals surface area contributed by atoms with Gasteiger partial charge in [0.15, 0.2) is 11.6 Å². The Kier molecular flexibility index (Phi) is 8.90. The van der Waals surface area contributed by atoms with Gasteiger partial charge in [0.1, 0.15) is 18.2 Å². The summed E-state index contributed by atoms with van der Waals surface area (Å²) in [7, 11) is 3.20. The maximum atomic E-state index is 15.4. The van der Waals surface area contributed by atoms with E-state index in [4.69, 9.17) is 14.2 Å². The molecule has 0 heterocycles. The van der Waals surface area contributed by atoms with Gasteiger partial charge in [-0.25, -0.2) is 8.78 Å². The number of carbonyl (C=O) groups is 1. The molecule has 208 valence electrons. The van der Waals surface area contributed by atoms with E-state index in [0.717, 1.165) is 30.4 Å². The summed E-state index contributed by atoms with van der Waals surface area (Å²) < 4.78 is 47.6. The molecule has 2 atom stereocenters. The van der Waals surface area contributed by atoms with Crippen LogP contribution in [0.2, 0.25) is 0 Å². The zero-order valence-corrected chi connectivity index (χ0v) is 22.9. The third kappa shape index (κ3) is 6.41. The number of hydrogen-bond acceptors (Lipinski definition) is 4. The number of aliphatic carboxylic acids is 1. The van der Waals surface area contributed by atoms with Gasteiger partial charge in [-0.05, 0) is 83.2 Å². The Morgan fingerprint density at radius 2 is 1.79 bits per heavy atom. The summed E-state index contributed by atoms with van der Waals surface area (Å²) >= 11 is 0. The van der Waals surface area contributed by atoms with Gasteiger partial charge in [-0.15, -0.1) is 0 Å². The van der Waals surface area contributed by atoms with Crippen LogP contribution in [-0.2, 0) is 16.1 Å². The topological polar surface area (TPSA) is 65.0 Å². The molecule has 0 radical (unpaired) electrons. The van der Waals surface area contributed by atoms with Crippen LogP contribution in [0, 0.1) is 17.0 Å². The fourth-order valence-corrected chi connectivity index (χ4v) is 5.29. The normalized spacial score (nSPS) is 15.4. The van der Waals surface area contributed by atoms with Crippen molar-refractivity contribution in [3.63, 3.8) is 0 Å². The number of rotatable bonds is 13. The number of hydrogen-bond donors (Lipinski definition) is 1. The molecule has 0 spiro atoms. The lowest BCUT2D eigenvalue weighted by atomic mass is 9.87. The molecule has 0 amide bonds. The summed E-state index contributed by atoms with van der Waals surface area (Å²) in [6.07, 6.45) is 2.90. The molecule has 0 bridgehead atoms. The summed E-state index contributed by atoms with van der Waals surface area (Å²) in [5.74, 6) is -1.67. The quantitative estimate of drug-likeness (QED) is 0.238. The van der Waals surface area contributed by atoms with Crippen molar-refractivity contribution in [1.29, 1.82) is 0 Å². The van der Waals surface area contributed by atoms with Gasteiger partial charge in [-0.2, -0.15) is 0 Å². The van der Waals surface area contributed by atoms with Crippen molar-refractivity contribution in [2.45, 2.75) is 64.6 Å². The third-order valence-corrected chi connectivity index (χ3v) is 7.65. The third-order valence-electron chi connectivity index (χ3n) is 7.65. The SMILES string of the molecule is CCC[C@@H](CC(=O)O)c1cccc(OCc2ccc(-c3cc(OC)ccc3F)c([C@@H](OC)C3(C)CC3)c2)c1F. The van der Waals surface area contributed by atoms with Crippen molar-refractivity contribution >= 4 is 5.97 Å². The zero-order chi connectivity index (χ0) is 28.2. The Balaban J connectivity index is 1.67. The number of halogens is 2. The van der Waals surface area contributed by atoms with Crippen LogP contribution in [0.4, 0.5) is 8.78 Å². The van der Waals surface area contributed by atoms with E-state index < -0.39 is 17.7 Å². The molecule has 1 saturated carbocycles. The lowest BCUT2D eigenvalue weighted by Gasteiger charge is -2.26. The summed E-state index contributed by atoms with van der Waals surface area (Å²) in [6, 6.07) is 15.1. The van der Waals surface area contributed by atoms with Crippen LogP contribution in [-0.4, -0.2) is 25.3 Å². The van der Waals surface area contributed by atoms with E-state index in [1.807, 2.05) is 25.1 Å². The van der Waals surface area contributed by atoms with Crippen LogP contribution >= 0.6 is 0 Å². The Morgan fingerprint density at radius 3 is 2.44 bits per heavy atom. The molecule has 1 aliphatic carbocycles. The van der Waals surface area contributed by atoms with Crippen LogP contribution < -0.4 is 9.47 Å². The Labute approximate surface area is 228 Å². The van der Waals surface area contributed by atoms with Crippen molar-refractivity contribution in [3.8, 4) is 22.6 Å². The molecule has 0 aliphatic heterocycles. The van der Waals surface area contributed by atoms with E-state index in [9.17, 15) is 9.90 Å². The molecular weight excluding hydrogens is 502 g/mol. The highest BCUT2D eigenvalue weighted by Crippen LogP contribution is 2.57. The number of benzene rings is 3. The van der Waals surface area contributed by atoms with Crippen molar-refractivity contribution in [1.82, 2.24) is 0 Å². The van der Waals surface area contributed by atoms with Crippen molar-refractivity contribution in [2.75, 3.05) is 14.2 Å². The van der Waals surface area contributed by atoms with E-state index in [-0.39, 0.29) is 36.1 Å². The van der Waals surface area contributed by atoms with Crippen molar-refractivity contribution in [2.24, 2.45) is 5.41 Å². The van der Waals surface area contributed by atoms with E-state index in [0.29, 0.717) is 28.9 Å². The van der Waals surface area contributed by atoms with Gasteiger partial charge in [0.05, 0.1) is 19.6 Å². The molecule has 4 rings (SSSR count). The second-order valence-corrected chi connectivity index (χ2v) is 10.6. The van der Waals surface area contributed by atoms with Crippen LogP contribution in [0.1, 0.15) is 74.7 Å². The van der Waals surface area contributed by atoms with Gasteiger partial charge < -0.3 is 19.3 Å². The molecule has 1 N–H and O–H groups in total. The summed E-state index contributed by atoms with van der Waals surface area (Å²) in [5.41, 5.74) is 3.04. The monoisotopic (exact) mass is 538 g/mol. The Hall–Kier alpha value is -3.45. The summed E-state index contributed by atoms with van der Waals surface area (Å²) in [4.78, 5) is 11.3. The summed E-state index contributed by atoms with van der Waals surface area (Å²) in [5, 5.41) is 9.29. The number of carboxylic acids is 1. The maximum absolute atomic E-state index is 15.4. The Bertz CT molecular complexity index is 1320. The molecule has 7 heteroatoms. The summed E-state index contributed by atoms with van der Waals surface area (Å²) in [6.45, 7) is 4.18. The van der Waals surface area contributed by atoms with Gasteiger partial charge >= 0.3 is 5.97 Å². The molecule has 5 nitrogen and oxygen atoms in total. The average molecular weight is 539 g/mol. The number of carboxylic acid groups (broad SMARTS) is 1. The smallest absolute Gasteiger partial charge is 0.303 e. The highest BCUT2D eigenvalue weighted by atomic mass is 19.1. The van der Waals surface area contributed by atoms with Gasteiger partial charge in [0.2, 0.25) is 0 Å². The van der Waals surface area contributed by atoms with Gasteiger partial charge in [-0.1, -0.05) is 44.5 Å². The first-order valence-electron chi connectivity index (χ1n) is 13.3. The average Bonchev–Trinajstić information content (AvgIpc) is 3.66.